The summed E-state index contributed by atoms with van der Waals surface area (Å²) < 4.78 is 33.2. The number of carbonyl (C=O) groups is 2. The molecule has 1 fully saturated rings. The largest absolute Gasteiger partial charge is 0.497 e. The molecule has 0 aromatic heterocycles. The number of amides is 1. The predicted molar refractivity (Wildman–Crippen MR) is 146 cm³/mol. The van der Waals surface area contributed by atoms with E-state index >= 15 is 0 Å². The van der Waals surface area contributed by atoms with Crippen molar-refractivity contribution in [2.75, 3.05) is 31.6 Å². The number of carboxylic acids is 1. The monoisotopic (exact) mass is 536 g/mol. The molecule has 4 rings (SSSR count). The van der Waals surface area contributed by atoms with E-state index < -0.39 is 35.5 Å². The van der Waals surface area contributed by atoms with Crippen LogP contribution in [0.4, 0.5) is 14.5 Å². The Hall–Kier alpha value is -3.78. The minimum atomic E-state index is -1.07. The van der Waals surface area contributed by atoms with Gasteiger partial charge in [0, 0.05) is 30.7 Å². The zero-order valence-electron chi connectivity index (χ0n) is 22.4. The smallest absolute Gasteiger partial charge is 0.309 e. The van der Waals surface area contributed by atoms with Crippen LogP contribution in [0.25, 0.3) is 0 Å². The molecule has 8 heteroatoms. The number of hydrogen-bond acceptors (Lipinski definition) is 4. The van der Waals surface area contributed by atoms with Gasteiger partial charge in [0.2, 0.25) is 5.91 Å². The molecular weight excluding hydrogens is 502 g/mol. The fourth-order valence-electron chi connectivity index (χ4n) is 5.44. The first kappa shape index (κ1) is 28.2. The van der Waals surface area contributed by atoms with Gasteiger partial charge in [-0.05, 0) is 66.4 Å². The van der Waals surface area contributed by atoms with Gasteiger partial charge in [0.05, 0.1) is 19.6 Å². The topological polar surface area (TPSA) is 70.1 Å². The van der Waals surface area contributed by atoms with Crippen molar-refractivity contribution in [3.05, 3.63) is 95.1 Å². The zero-order chi connectivity index (χ0) is 28.1. The molecule has 1 N–H and O–H groups in total. The summed E-state index contributed by atoms with van der Waals surface area (Å²) in [4.78, 5) is 30.1. The lowest BCUT2D eigenvalue weighted by atomic mass is 9.83. The third-order valence-corrected chi connectivity index (χ3v) is 7.40. The van der Waals surface area contributed by atoms with Crippen LogP contribution < -0.4 is 9.64 Å². The van der Waals surface area contributed by atoms with Crippen molar-refractivity contribution in [1.29, 1.82) is 0 Å². The molecule has 0 radical (unpaired) electrons. The Bertz CT molecular complexity index is 1310. The Morgan fingerprint density at radius 2 is 1.74 bits per heavy atom. The summed E-state index contributed by atoms with van der Waals surface area (Å²) in [6, 6.07) is 17.7. The van der Waals surface area contributed by atoms with Crippen LogP contribution in [0.5, 0.6) is 5.75 Å². The summed E-state index contributed by atoms with van der Waals surface area (Å²) in [7, 11) is 1.55. The van der Waals surface area contributed by atoms with Crippen molar-refractivity contribution in [2.45, 2.75) is 38.6 Å². The number of ether oxygens (including phenoxy) is 1. The van der Waals surface area contributed by atoms with Crippen LogP contribution in [0, 0.1) is 24.5 Å². The van der Waals surface area contributed by atoms with E-state index in [1.165, 1.54) is 6.07 Å². The van der Waals surface area contributed by atoms with Crippen molar-refractivity contribution in [3.63, 3.8) is 0 Å². The Morgan fingerprint density at radius 3 is 2.36 bits per heavy atom. The van der Waals surface area contributed by atoms with Crippen LogP contribution in [0.1, 0.15) is 48.4 Å². The number of benzene rings is 3. The maximum Gasteiger partial charge on any atom is 0.309 e. The van der Waals surface area contributed by atoms with E-state index in [4.69, 9.17) is 4.74 Å². The molecule has 3 atom stereocenters. The second-order valence-corrected chi connectivity index (χ2v) is 10.0. The summed E-state index contributed by atoms with van der Waals surface area (Å²) in [5, 5.41) is 10.4. The molecule has 3 unspecified atom stereocenters. The summed E-state index contributed by atoms with van der Waals surface area (Å²) in [5.41, 5.74) is 2.91. The number of methoxy groups -OCH3 is 1. The Morgan fingerprint density at radius 1 is 1.03 bits per heavy atom. The average Bonchev–Trinajstić information content (AvgIpc) is 3.30. The first-order chi connectivity index (χ1) is 18.7. The van der Waals surface area contributed by atoms with E-state index in [1.807, 2.05) is 36.1 Å². The second kappa shape index (κ2) is 12.4. The molecule has 3 aromatic carbocycles. The molecule has 1 heterocycles. The van der Waals surface area contributed by atoms with Crippen LogP contribution >= 0.6 is 0 Å². The average molecular weight is 537 g/mol. The quantitative estimate of drug-likeness (QED) is 0.347. The lowest BCUT2D eigenvalue weighted by molar-refractivity contribution is -0.143. The highest BCUT2D eigenvalue weighted by molar-refractivity contribution is 5.95. The zero-order valence-corrected chi connectivity index (χ0v) is 22.4. The Balaban J connectivity index is 1.73. The van der Waals surface area contributed by atoms with Crippen LogP contribution in [0.15, 0.2) is 66.7 Å². The number of hydrogen-bond donors (Lipinski definition) is 1. The normalized spacial score (nSPS) is 19.2. The maximum atomic E-state index is 14.2. The van der Waals surface area contributed by atoms with Crippen LogP contribution in [-0.2, 0) is 9.59 Å². The van der Waals surface area contributed by atoms with Gasteiger partial charge in [0.25, 0.3) is 0 Å². The molecule has 206 valence electrons. The van der Waals surface area contributed by atoms with Crippen molar-refractivity contribution in [2.24, 2.45) is 5.92 Å². The Kier molecular flexibility index (Phi) is 8.97. The van der Waals surface area contributed by atoms with E-state index in [2.05, 4.69) is 6.92 Å². The van der Waals surface area contributed by atoms with E-state index in [9.17, 15) is 23.5 Å². The standard InChI is InChI=1S/C31H34F2N2O4/c1-4-5-15-35(23-8-6-7-20(2)16-23)28(36)19-34-18-25(22-11-14-26(32)27(33)17-22)29(31(37)38)30(34)21-9-12-24(39-3)13-10-21/h6-14,16-17,25,29-30H,4-5,15,18-19H2,1-3H3,(H,37,38). The van der Waals surface area contributed by atoms with Crippen LogP contribution in [-0.4, -0.2) is 48.6 Å². The minimum absolute atomic E-state index is 0.0295. The lowest BCUT2D eigenvalue weighted by Gasteiger charge is -2.30. The molecule has 3 aromatic rings. The third-order valence-electron chi connectivity index (χ3n) is 7.40. The molecule has 1 aliphatic heterocycles. The van der Waals surface area contributed by atoms with Gasteiger partial charge in [0.1, 0.15) is 5.75 Å². The first-order valence-corrected chi connectivity index (χ1v) is 13.2. The van der Waals surface area contributed by atoms with Crippen molar-refractivity contribution < 1.29 is 28.2 Å². The van der Waals surface area contributed by atoms with Gasteiger partial charge >= 0.3 is 5.97 Å². The van der Waals surface area contributed by atoms with E-state index in [-0.39, 0.29) is 19.0 Å². The first-order valence-electron chi connectivity index (χ1n) is 13.2. The number of rotatable bonds is 10. The summed E-state index contributed by atoms with van der Waals surface area (Å²) in [6.07, 6.45) is 1.73. The highest BCUT2D eigenvalue weighted by Crippen LogP contribution is 2.46. The van der Waals surface area contributed by atoms with Gasteiger partial charge < -0.3 is 14.7 Å². The number of likely N-dealkylation sites (tertiary alicyclic amines) is 1. The highest BCUT2D eigenvalue weighted by atomic mass is 19.2. The molecule has 1 amide bonds. The number of nitrogens with zero attached hydrogens (tertiary/aromatic N) is 2. The molecule has 39 heavy (non-hydrogen) atoms. The van der Waals surface area contributed by atoms with E-state index in [0.717, 1.165) is 36.2 Å². The number of unbranched alkanes of at least 4 members (excludes halogenated alkanes) is 1. The fraction of sp³-hybridized carbons (Fsp3) is 0.355. The molecule has 1 saturated heterocycles. The number of anilines is 1. The van der Waals surface area contributed by atoms with Gasteiger partial charge in [-0.3, -0.25) is 14.5 Å². The van der Waals surface area contributed by atoms with Gasteiger partial charge in [0.15, 0.2) is 11.6 Å². The molecule has 6 nitrogen and oxygen atoms in total. The molecular formula is C31H34F2N2O4. The van der Waals surface area contributed by atoms with Gasteiger partial charge in [-0.2, -0.15) is 0 Å². The fourth-order valence-corrected chi connectivity index (χ4v) is 5.44. The second-order valence-electron chi connectivity index (χ2n) is 10.0. The number of carbonyl (C=O) groups excluding carboxylic acids is 1. The number of aryl methyl sites for hydroxylation is 1. The van der Waals surface area contributed by atoms with Gasteiger partial charge in [-0.25, -0.2) is 8.78 Å². The summed E-state index contributed by atoms with van der Waals surface area (Å²) in [5.74, 6) is -4.26. The van der Waals surface area contributed by atoms with Crippen molar-refractivity contribution >= 4 is 17.6 Å². The van der Waals surface area contributed by atoms with E-state index in [1.54, 1.807) is 36.3 Å². The SMILES string of the molecule is CCCCN(C(=O)CN1CC(c2ccc(F)c(F)c2)C(C(=O)O)C1c1ccc(OC)cc1)c1cccc(C)c1. The Labute approximate surface area is 227 Å². The molecule has 1 aliphatic rings. The van der Waals surface area contributed by atoms with Crippen LogP contribution in [0.3, 0.4) is 0 Å². The molecule has 0 spiro atoms. The minimum Gasteiger partial charge on any atom is -0.497 e. The molecule has 0 saturated carbocycles. The van der Waals surface area contributed by atoms with Crippen molar-refractivity contribution in [1.82, 2.24) is 4.90 Å². The van der Waals surface area contributed by atoms with Crippen LogP contribution in [0.2, 0.25) is 0 Å². The number of halogens is 2. The lowest BCUT2D eigenvalue weighted by Crippen LogP contribution is -2.41. The summed E-state index contributed by atoms with van der Waals surface area (Å²) in [6.45, 7) is 4.73. The number of aliphatic carboxylic acids is 1. The predicted octanol–water partition coefficient (Wildman–Crippen LogP) is 5.96. The van der Waals surface area contributed by atoms with Crippen molar-refractivity contribution in [3.8, 4) is 5.75 Å². The highest BCUT2D eigenvalue weighted by Gasteiger charge is 2.48. The van der Waals surface area contributed by atoms with E-state index in [0.29, 0.717) is 23.4 Å². The summed E-state index contributed by atoms with van der Waals surface area (Å²) >= 11 is 0. The molecule has 0 aliphatic carbocycles. The number of carboxylic acid groups (broad SMARTS) is 1. The van der Waals surface area contributed by atoms with Gasteiger partial charge in [-0.15, -0.1) is 0 Å². The van der Waals surface area contributed by atoms with Gasteiger partial charge in [-0.1, -0.05) is 43.7 Å². The maximum absolute atomic E-state index is 14.2. The third kappa shape index (κ3) is 6.28. The molecule has 0 bridgehead atoms.